The van der Waals surface area contributed by atoms with Gasteiger partial charge in [0.2, 0.25) is 0 Å². The van der Waals surface area contributed by atoms with Crippen molar-refractivity contribution in [3.63, 3.8) is 0 Å². The first kappa shape index (κ1) is 19.6. The molecule has 0 unspecified atom stereocenters. The van der Waals surface area contributed by atoms with Crippen molar-refractivity contribution < 1.29 is 18.7 Å². The van der Waals surface area contributed by atoms with Gasteiger partial charge in [0.1, 0.15) is 12.1 Å². The molecular weight excluding hydrogens is 391 g/mol. The molecule has 1 N–H and O–H groups in total. The van der Waals surface area contributed by atoms with Gasteiger partial charge in [0.25, 0.3) is 5.91 Å². The molecule has 30 heavy (non-hydrogen) atoms. The summed E-state index contributed by atoms with van der Waals surface area (Å²) < 4.78 is 26.0. The molecule has 1 aliphatic heterocycles. The lowest BCUT2D eigenvalue weighted by Gasteiger charge is -2.22. The Hall–Kier alpha value is -3.69. The van der Waals surface area contributed by atoms with Gasteiger partial charge in [0.15, 0.2) is 11.5 Å². The molecule has 0 saturated carbocycles. The Morgan fingerprint density at radius 1 is 1.07 bits per heavy atom. The topological polar surface area (TPSA) is 94.4 Å². The smallest absolute Gasteiger partial charge is 0.258 e. The van der Waals surface area contributed by atoms with Crippen LogP contribution in [0.2, 0.25) is 0 Å². The zero-order valence-electron chi connectivity index (χ0n) is 16.6. The highest BCUT2D eigenvalue weighted by Crippen LogP contribution is 2.34. The maximum Gasteiger partial charge on any atom is 0.258 e. The van der Waals surface area contributed by atoms with Crippen molar-refractivity contribution in [2.45, 2.75) is 12.8 Å². The van der Waals surface area contributed by atoms with E-state index < -0.39 is 11.7 Å². The SMILES string of the molecule is COc1cc(C(=O)Nc2cc(F)ccc2N2CCCC2)c(-n2cnnn2)cc1OC. The first-order valence-electron chi connectivity index (χ1n) is 9.46. The Morgan fingerprint density at radius 3 is 2.47 bits per heavy atom. The fourth-order valence-corrected chi connectivity index (χ4v) is 3.54. The number of amides is 1. The molecule has 1 amide bonds. The zero-order valence-corrected chi connectivity index (χ0v) is 16.6. The summed E-state index contributed by atoms with van der Waals surface area (Å²) in [7, 11) is 2.98. The minimum atomic E-state index is -0.451. The van der Waals surface area contributed by atoms with Gasteiger partial charge in [-0.1, -0.05) is 0 Å². The van der Waals surface area contributed by atoms with Crippen molar-refractivity contribution in [3.05, 3.63) is 48.0 Å². The van der Waals surface area contributed by atoms with Gasteiger partial charge >= 0.3 is 0 Å². The predicted molar refractivity (Wildman–Crippen MR) is 108 cm³/mol. The van der Waals surface area contributed by atoms with E-state index in [2.05, 4.69) is 25.7 Å². The number of rotatable bonds is 6. The van der Waals surface area contributed by atoms with E-state index in [1.165, 1.54) is 37.4 Å². The molecule has 1 saturated heterocycles. The number of hydrogen-bond acceptors (Lipinski definition) is 7. The zero-order chi connectivity index (χ0) is 21.1. The Balaban J connectivity index is 1.74. The van der Waals surface area contributed by atoms with Crippen LogP contribution in [-0.4, -0.2) is 53.4 Å². The Kier molecular flexibility index (Phi) is 5.46. The van der Waals surface area contributed by atoms with Crippen molar-refractivity contribution in [2.24, 2.45) is 0 Å². The number of carbonyl (C=O) groups excluding carboxylic acids is 1. The molecule has 4 rings (SSSR count). The molecule has 1 aromatic heterocycles. The monoisotopic (exact) mass is 412 g/mol. The van der Waals surface area contributed by atoms with Crippen LogP contribution in [0, 0.1) is 5.82 Å². The largest absolute Gasteiger partial charge is 0.493 e. The van der Waals surface area contributed by atoms with Crippen LogP contribution in [-0.2, 0) is 0 Å². The van der Waals surface area contributed by atoms with E-state index in [0.717, 1.165) is 31.6 Å². The number of hydrogen-bond donors (Lipinski definition) is 1. The second-order valence-electron chi connectivity index (χ2n) is 6.79. The molecule has 2 aromatic carbocycles. The van der Waals surface area contributed by atoms with Crippen LogP contribution in [0.3, 0.4) is 0 Å². The van der Waals surface area contributed by atoms with Gasteiger partial charge in [-0.05, 0) is 47.5 Å². The first-order valence-corrected chi connectivity index (χ1v) is 9.46. The van der Waals surface area contributed by atoms with Crippen molar-refractivity contribution in [2.75, 3.05) is 37.5 Å². The van der Waals surface area contributed by atoms with Crippen LogP contribution in [0.5, 0.6) is 11.5 Å². The molecule has 10 heteroatoms. The maximum absolute atomic E-state index is 14.0. The van der Waals surface area contributed by atoms with Gasteiger partial charge in [-0.25, -0.2) is 4.39 Å². The van der Waals surface area contributed by atoms with Crippen LogP contribution >= 0.6 is 0 Å². The minimum absolute atomic E-state index is 0.247. The molecule has 0 bridgehead atoms. The second-order valence-corrected chi connectivity index (χ2v) is 6.79. The molecule has 1 fully saturated rings. The number of methoxy groups -OCH3 is 2. The standard InChI is InChI=1S/C20H21FN6O3/c1-29-18-10-14(17(11-19(18)30-2)27-12-22-24-25-27)20(28)23-15-9-13(21)5-6-16(15)26-7-3-4-8-26/h5-6,9-12H,3-4,7-8H2,1-2H3,(H,23,28). The molecule has 0 spiro atoms. The highest BCUT2D eigenvalue weighted by molar-refractivity contribution is 6.08. The number of benzene rings is 2. The van der Waals surface area contributed by atoms with Crippen molar-refractivity contribution in [3.8, 4) is 17.2 Å². The Morgan fingerprint density at radius 2 is 1.80 bits per heavy atom. The highest BCUT2D eigenvalue weighted by atomic mass is 19.1. The van der Waals surface area contributed by atoms with E-state index in [0.29, 0.717) is 22.9 Å². The quantitative estimate of drug-likeness (QED) is 0.665. The normalized spacial score (nSPS) is 13.4. The molecule has 3 aromatic rings. The van der Waals surface area contributed by atoms with Crippen LogP contribution in [0.25, 0.3) is 5.69 Å². The number of halogens is 1. The number of anilines is 2. The summed E-state index contributed by atoms with van der Waals surface area (Å²) in [6.07, 6.45) is 3.49. The van der Waals surface area contributed by atoms with Crippen LogP contribution < -0.4 is 19.7 Å². The number of carbonyl (C=O) groups is 1. The van der Waals surface area contributed by atoms with Gasteiger partial charge in [-0.2, -0.15) is 4.68 Å². The number of nitrogens with one attached hydrogen (secondary N) is 1. The van der Waals surface area contributed by atoms with Gasteiger partial charge in [-0.15, -0.1) is 5.10 Å². The summed E-state index contributed by atoms with van der Waals surface area (Å²) in [4.78, 5) is 15.4. The number of ether oxygens (including phenoxy) is 2. The van der Waals surface area contributed by atoms with E-state index in [1.54, 1.807) is 18.2 Å². The average molecular weight is 412 g/mol. The minimum Gasteiger partial charge on any atom is -0.493 e. The summed E-state index contributed by atoms with van der Waals surface area (Å²) in [5.74, 6) is -0.0877. The number of nitrogens with zero attached hydrogens (tertiary/aromatic N) is 5. The molecule has 1 aliphatic rings. The lowest BCUT2D eigenvalue weighted by atomic mass is 10.1. The third kappa shape index (κ3) is 3.76. The van der Waals surface area contributed by atoms with Crippen molar-refractivity contribution >= 4 is 17.3 Å². The molecule has 2 heterocycles. The summed E-state index contributed by atoms with van der Waals surface area (Å²) in [5.41, 5.74) is 1.83. The molecule has 0 radical (unpaired) electrons. The number of tetrazole rings is 1. The fraction of sp³-hybridized carbons (Fsp3) is 0.300. The molecule has 0 atom stereocenters. The second kappa shape index (κ2) is 8.36. The predicted octanol–water partition coefficient (Wildman–Crippen LogP) is 2.67. The van der Waals surface area contributed by atoms with E-state index >= 15 is 0 Å². The maximum atomic E-state index is 14.0. The fourth-order valence-electron chi connectivity index (χ4n) is 3.54. The van der Waals surface area contributed by atoms with Gasteiger partial charge in [0, 0.05) is 19.2 Å². The summed E-state index contributed by atoms with van der Waals surface area (Å²) in [6, 6.07) is 7.55. The molecule has 156 valence electrons. The lowest BCUT2D eigenvalue weighted by molar-refractivity contribution is 0.102. The first-order chi connectivity index (χ1) is 14.6. The molecule has 0 aliphatic carbocycles. The van der Waals surface area contributed by atoms with Crippen LogP contribution in [0.1, 0.15) is 23.2 Å². The summed E-state index contributed by atoms with van der Waals surface area (Å²) >= 11 is 0. The molecular formula is C20H21FN6O3. The van der Waals surface area contributed by atoms with E-state index in [1.807, 2.05) is 0 Å². The van der Waals surface area contributed by atoms with Crippen molar-refractivity contribution in [1.82, 2.24) is 20.2 Å². The van der Waals surface area contributed by atoms with Crippen LogP contribution in [0.15, 0.2) is 36.7 Å². The summed E-state index contributed by atoms with van der Waals surface area (Å²) in [6.45, 7) is 1.72. The Bertz CT molecular complexity index is 1050. The average Bonchev–Trinajstić information content (AvgIpc) is 3.47. The summed E-state index contributed by atoms with van der Waals surface area (Å²) in [5, 5.41) is 14.0. The van der Waals surface area contributed by atoms with Crippen LogP contribution in [0.4, 0.5) is 15.8 Å². The number of aromatic nitrogens is 4. The van der Waals surface area contributed by atoms with Gasteiger partial charge < -0.3 is 19.7 Å². The van der Waals surface area contributed by atoms with E-state index in [-0.39, 0.29) is 5.56 Å². The lowest BCUT2D eigenvalue weighted by Crippen LogP contribution is -2.22. The van der Waals surface area contributed by atoms with Gasteiger partial charge in [0.05, 0.1) is 36.8 Å². The Labute approximate surface area is 172 Å². The highest BCUT2D eigenvalue weighted by Gasteiger charge is 2.22. The van der Waals surface area contributed by atoms with E-state index in [4.69, 9.17) is 9.47 Å². The third-order valence-electron chi connectivity index (χ3n) is 5.00. The van der Waals surface area contributed by atoms with Gasteiger partial charge in [-0.3, -0.25) is 4.79 Å². The molecule has 9 nitrogen and oxygen atoms in total. The van der Waals surface area contributed by atoms with Crippen molar-refractivity contribution in [1.29, 1.82) is 0 Å². The van der Waals surface area contributed by atoms with E-state index in [9.17, 15) is 9.18 Å². The third-order valence-corrected chi connectivity index (χ3v) is 5.00.